The number of hydrogen-bond acceptors (Lipinski definition) is 2. The van der Waals surface area contributed by atoms with Gasteiger partial charge in [-0.15, -0.1) is 0 Å². The van der Waals surface area contributed by atoms with Gasteiger partial charge in [-0.05, 0) is 11.6 Å². The zero-order valence-electron chi connectivity index (χ0n) is 8.29. The van der Waals surface area contributed by atoms with Crippen molar-refractivity contribution in [3.8, 4) is 0 Å². The summed E-state index contributed by atoms with van der Waals surface area (Å²) in [7, 11) is 1.86. The van der Waals surface area contributed by atoms with E-state index in [4.69, 9.17) is 17.0 Å². The fraction of sp³-hybridized carbons (Fsp3) is 0.200. The summed E-state index contributed by atoms with van der Waals surface area (Å²) in [6.45, 7) is 0. The van der Waals surface area contributed by atoms with Crippen LogP contribution in [0.4, 0.5) is 0 Å². The van der Waals surface area contributed by atoms with E-state index in [1.165, 1.54) is 0 Å². The minimum Gasteiger partial charge on any atom is -0.331 e. The number of nitrogens with zero attached hydrogens (tertiary/aromatic N) is 2. The van der Waals surface area contributed by atoms with Crippen molar-refractivity contribution in [3.63, 3.8) is 0 Å². The van der Waals surface area contributed by atoms with E-state index in [-0.39, 0.29) is 0 Å². The standard InChI is InChI=1S/C10H11ClN4/c1-15-8(6-14-10(15)12)4-7-2-3-9(11)13-5-7/h2-3,5-6H,4H2,1H3,(H2,12,14). The molecule has 2 rings (SSSR count). The number of nitrogens with one attached hydrogen (secondary N) is 2. The summed E-state index contributed by atoms with van der Waals surface area (Å²) in [5, 5.41) is 8.01. The van der Waals surface area contributed by atoms with Crippen LogP contribution in [0.15, 0.2) is 24.5 Å². The van der Waals surface area contributed by atoms with E-state index in [1.54, 1.807) is 16.8 Å². The molecular formula is C10H11ClN4. The molecule has 0 aromatic carbocycles. The van der Waals surface area contributed by atoms with Crippen LogP contribution in [0.1, 0.15) is 11.3 Å². The van der Waals surface area contributed by atoms with E-state index in [0.29, 0.717) is 10.8 Å². The molecule has 78 valence electrons. The average molecular weight is 223 g/mol. The number of H-pyrrole nitrogens is 1. The highest BCUT2D eigenvalue weighted by atomic mass is 35.5. The van der Waals surface area contributed by atoms with E-state index >= 15 is 0 Å². The van der Waals surface area contributed by atoms with Crippen molar-refractivity contribution >= 4 is 11.6 Å². The molecule has 0 saturated carbocycles. The molecule has 0 fully saturated rings. The Balaban J connectivity index is 2.26. The Bertz CT molecular complexity index is 509. The third-order valence-electron chi connectivity index (χ3n) is 2.32. The molecule has 0 bridgehead atoms. The van der Waals surface area contributed by atoms with Crippen LogP contribution in [-0.4, -0.2) is 14.5 Å². The maximum Gasteiger partial charge on any atom is 0.199 e. The molecule has 2 heterocycles. The van der Waals surface area contributed by atoms with Crippen LogP contribution in [0.25, 0.3) is 0 Å². The van der Waals surface area contributed by atoms with E-state index in [9.17, 15) is 0 Å². The van der Waals surface area contributed by atoms with Gasteiger partial charge in [-0.1, -0.05) is 17.7 Å². The first kappa shape index (κ1) is 9.98. The van der Waals surface area contributed by atoms with Crippen molar-refractivity contribution in [2.75, 3.05) is 0 Å². The molecule has 0 atom stereocenters. The van der Waals surface area contributed by atoms with E-state index in [0.717, 1.165) is 17.7 Å². The highest BCUT2D eigenvalue weighted by Crippen LogP contribution is 2.09. The fourth-order valence-corrected chi connectivity index (χ4v) is 1.49. The second kappa shape index (κ2) is 3.90. The Labute approximate surface area is 92.1 Å². The molecule has 0 amide bonds. The lowest BCUT2D eigenvalue weighted by atomic mass is 10.2. The van der Waals surface area contributed by atoms with Crippen LogP contribution < -0.4 is 5.62 Å². The van der Waals surface area contributed by atoms with Gasteiger partial charge in [-0.25, -0.2) is 4.98 Å². The summed E-state index contributed by atoms with van der Waals surface area (Å²) >= 11 is 5.70. The van der Waals surface area contributed by atoms with E-state index in [1.807, 2.05) is 19.3 Å². The molecule has 5 heteroatoms. The first-order valence-electron chi connectivity index (χ1n) is 4.55. The van der Waals surface area contributed by atoms with Crippen molar-refractivity contribution < 1.29 is 0 Å². The van der Waals surface area contributed by atoms with Crippen molar-refractivity contribution in [1.29, 1.82) is 5.41 Å². The van der Waals surface area contributed by atoms with Crippen LogP contribution in [-0.2, 0) is 13.5 Å². The Kier molecular flexibility index (Phi) is 2.60. The van der Waals surface area contributed by atoms with Gasteiger partial charge in [0.1, 0.15) is 5.15 Å². The molecule has 0 aliphatic heterocycles. The number of pyridine rings is 1. The van der Waals surface area contributed by atoms with Crippen LogP contribution >= 0.6 is 11.6 Å². The molecule has 0 aliphatic carbocycles. The SMILES string of the molecule is Cn1c(Cc2ccc(Cl)nc2)c[nH]c1=N. The summed E-state index contributed by atoms with van der Waals surface area (Å²) < 4.78 is 1.80. The zero-order chi connectivity index (χ0) is 10.8. The topological polar surface area (TPSA) is 57.5 Å². The van der Waals surface area contributed by atoms with Crippen LogP contribution in [0.3, 0.4) is 0 Å². The second-order valence-corrected chi connectivity index (χ2v) is 3.74. The third-order valence-corrected chi connectivity index (χ3v) is 2.54. The van der Waals surface area contributed by atoms with Gasteiger partial charge in [0.2, 0.25) is 0 Å². The van der Waals surface area contributed by atoms with Gasteiger partial charge < -0.3 is 9.55 Å². The van der Waals surface area contributed by atoms with Crippen molar-refractivity contribution in [2.45, 2.75) is 6.42 Å². The Hall–Kier alpha value is -1.55. The third kappa shape index (κ3) is 2.10. The van der Waals surface area contributed by atoms with Crippen molar-refractivity contribution in [1.82, 2.24) is 14.5 Å². The molecule has 0 unspecified atom stereocenters. The molecule has 0 saturated heterocycles. The van der Waals surface area contributed by atoms with Gasteiger partial charge in [0.05, 0.1) is 0 Å². The van der Waals surface area contributed by atoms with Gasteiger partial charge in [0, 0.05) is 31.6 Å². The Morgan fingerprint density at radius 2 is 2.33 bits per heavy atom. The summed E-state index contributed by atoms with van der Waals surface area (Å²) in [6, 6.07) is 3.71. The van der Waals surface area contributed by atoms with E-state index in [2.05, 4.69) is 9.97 Å². The Morgan fingerprint density at radius 3 is 2.87 bits per heavy atom. The number of aromatic amines is 1. The maximum absolute atomic E-state index is 7.51. The average Bonchev–Trinajstić information content (AvgIpc) is 2.53. The van der Waals surface area contributed by atoms with Crippen LogP contribution in [0.5, 0.6) is 0 Å². The molecule has 2 aromatic rings. The highest BCUT2D eigenvalue weighted by molar-refractivity contribution is 6.29. The number of halogens is 1. The highest BCUT2D eigenvalue weighted by Gasteiger charge is 2.01. The van der Waals surface area contributed by atoms with Gasteiger partial charge in [-0.3, -0.25) is 5.41 Å². The summed E-state index contributed by atoms with van der Waals surface area (Å²) in [5.74, 6) is 0. The summed E-state index contributed by atoms with van der Waals surface area (Å²) in [5.41, 5.74) is 2.52. The molecule has 15 heavy (non-hydrogen) atoms. The molecule has 0 spiro atoms. The van der Waals surface area contributed by atoms with Crippen LogP contribution in [0, 0.1) is 5.41 Å². The fourth-order valence-electron chi connectivity index (χ4n) is 1.38. The molecule has 2 N–H and O–H groups in total. The quantitative estimate of drug-likeness (QED) is 0.743. The lowest BCUT2D eigenvalue weighted by Crippen LogP contribution is -2.15. The van der Waals surface area contributed by atoms with Crippen molar-refractivity contribution in [3.05, 3.63) is 46.6 Å². The smallest absolute Gasteiger partial charge is 0.199 e. The lowest BCUT2D eigenvalue weighted by Gasteiger charge is -2.01. The minimum absolute atomic E-state index is 0.395. The maximum atomic E-state index is 7.51. The zero-order valence-corrected chi connectivity index (χ0v) is 9.04. The summed E-state index contributed by atoms with van der Waals surface area (Å²) in [6.07, 6.45) is 4.33. The predicted octanol–water partition coefficient (Wildman–Crippen LogP) is 1.47. The van der Waals surface area contributed by atoms with Gasteiger partial charge >= 0.3 is 0 Å². The molecule has 0 radical (unpaired) electrons. The molecule has 2 aromatic heterocycles. The largest absolute Gasteiger partial charge is 0.331 e. The second-order valence-electron chi connectivity index (χ2n) is 3.35. The Morgan fingerprint density at radius 1 is 1.53 bits per heavy atom. The monoisotopic (exact) mass is 222 g/mol. The summed E-state index contributed by atoms with van der Waals surface area (Å²) in [4.78, 5) is 6.86. The van der Waals surface area contributed by atoms with Gasteiger partial charge in [0.15, 0.2) is 5.62 Å². The predicted molar refractivity (Wildman–Crippen MR) is 57.7 cm³/mol. The normalized spacial score (nSPS) is 10.5. The van der Waals surface area contributed by atoms with E-state index < -0.39 is 0 Å². The van der Waals surface area contributed by atoms with Crippen LogP contribution in [0.2, 0.25) is 5.15 Å². The molecular weight excluding hydrogens is 212 g/mol. The first-order valence-corrected chi connectivity index (χ1v) is 4.93. The number of imidazole rings is 1. The molecule has 4 nitrogen and oxygen atoms in total. The first-order chi connectivity index (χ1) is 7.16. The van der Waals surface area contributed by atoms with Gasteiger partial charge in [0.25, 0.3) is 0 Å². The number of hydrogen-bond donors (Lipinski definition) is 2. The van der Waals surface area contributed by atoms with Gasteiger partial charge in [-0.2, -0.15) is 0 Å². The van der Waals surface area contributed by atoms with Crippen molar-refractivity contribution in [2.24, 2.45) is 7.05 Å². The molecule has 0 aliphatic rings. The minimum atomic E-state index is 0.395. The number of aromatic nitrogens is 3. The lowest BCUT2D eigenvalue weighted by molar-refractivity contribution is 0.769. The number of rotatable bonds is 2.